The molecule has 4 aromatic rings. The Labute approximate surface area is 182 Å². The number of aryl methyl sites for hydroxylation is 2. The van der Waals surface area contributed by atoms with Crippen LogP contribution in [0.3, 0.4) is 0 Å². The zero-order valence-electron chi connectivity index (χ0n) is 16.8. The van der Waals surface area contributed by atoms with E-state index in [1.54, 1.807) is 34.3 Å². The lowest BCUT2D eigenvalue weighted by molar-refractivity contribution is 0.628. The summed E-state index contributed by atoms with van der Waals surface area (Å²) in [7, 11) is 0. The Balaban J connectivity index is 1.57. The topological polar surface area (TPSA) is 59.3 Å². The van der Waals surface area contributed by atoms with Gasteiger partial charge in [-0.15, -0.1) is 11.3 Å². The number of thiophene rings is 1. The fourth-order valence-corrected chi connectivity index (χ4v) is 5.20. The molecule has 7 heteroatoms. The van der Waals surface area contributed by atoms with E-state index >= 15 is 0 Å². The second kappa shape index (κ2) is 8.43. The fraction of sp³-hybridized carbons (Fsp3) is 0.208. The van der Waals surface area contributed by atoms with Gasteiger partial charge in [0.1, 0.15) is 10.6 Å². The first-order valence-electron chi connectivity index (χ1n) is 10.3. The maximum Gasteiger partial charge on any atom is 0.264 e. The average molecular weight is 433 g/mol. The van der Waals surface area contributed by atoms with Gasteiger partial charge in [-0.1, -0.05) is 42.5 Å². The van der Waals surface area contributed by atoms with Crippen molar-refractivity contribution in [2.75, 3.05) is 5.43 Å². The van der Waals surface area contributed by atoms with E-state index in [4.69, 9.17) is 4.98 Å². The minimum Gasteiger partial charge on any atom is -0.272 e. The number of benzene rings is 2. The minimum absolute atomic E-state index is 0.0345. The summed E-state index contributed by atoms with van der Waals surface area (Å²) in [6.07, 6.45) is 5.80. The molecule has 0 amide bonds. The number of hydrazone groups is 1. The first-order chi connectivity index (χ1) is 15.2. The molecule has 2 heterocycles. The molecule has 0 bridgehead atoms. The van der Waals surface area contributed by atoms with Gasteiger partial charge < -0.3 is 0 Å². The van der Waals surface area contributed by atoms with Crippen LogP contribution in [0.5, 0.6) is 0 Å². The van der Waals surface area contributed by atoms with Crippen LogP contribution in [0.15, 0.2) is 64.5 Å². The van der Waals surface area contributed by atoms with Crippen molar-refractivity contribution in [2.45, 2.75) is 32.2 Å². The van der Waals surface area contributed by atoms with Crippen molar-refractivity contribution in [3.05, 3.63) is 92.3 Å². The molecule has 0 radical (unpaired) electrons. The predicted octanol–water partition coefficient (Wildman–Crippen LogP) is 4.97. The van der Waals surface area contributed by atoms with Crippen molar-refractivity contribution in [1.29, 1.82) is 0 Å². The van der Waals surface area contributed by atoms with Crippen LogP contribution in [0.2, 0.25) is 0 Å². The van der Waals surface area contributed by atoms with Crippen molar-refractivity contribution in [2.24, 2.45) is 5.10 Å². The van der Waals surface area contributed by atoms with E-state index in [0.717, 1.165) is 47.0 Å². The average Bonchev–Trinajstić information content (AvgIpc) is 3.17. The Kier molecular flexibility index (Phi) is 5.34. The maximum absolute atomic E-state index is 13.6. The summed E-state index contributed by atoms with van der Waals surface area (Å²) in [6.45, 7) is 0.404. The lowest BCUT2D eigenvalue weighted by atomic mass is 9.97. The van der Waals surface area contributed by atoms with Gasteiger partial charge in [0.2, 0.25) is 5.95 Å². The molecule has 1 N–H and O–H groups in total. The van der Waals surface area contributed by atoms with Crippen molar-refractivity contribution >= 4 is 33.7 Å². The van der Waals surface area contributed by atoms with Gasteiger partial charge in [0.05, 0.1) is 18.1 Å². The molecule has 0 saturated carbocycles. The van der Waals surface area contributed by atoms with Crippen LogP contribution in [0.1, 0.15) is 34.4 Å². The molecule has 2 aromatic heterocycles. The number of nitrogens with one attached hydrogen (secondary N) is 1. The van der Waals surface area contributed by atoms with E-state index in [2.05, 4.69) is 10.5 Å². The molecule has 5 rings (SSSR count). The molecule has 1 aliphatic rings. The van der Waals surface area contributed by atoms with Crippen molar-refractivity contribution < 1.29 is 4.39 Å². The second-order valence-electron chi connectivity index (χ2n) is 7.62. The van der Waals surface area contributed by atoms with Gasteiger partial charge in [0, 0.05) is 4.88 Å². The van der Waals surface area contributed by atoms with Crippen molar-refractivity contribution in [3.63, 3.8) is 0 Å². The second-order valence-corrected chi connectivity index (χ2v) is 8.71. The zero-order valence-corrected chi connectivity index (χ0v) is 17.7. The van der Waals surface area contributed by atoms with Crippen LogP contribution in [0, 0.1) is 5.82 Å². The van der Waals surface area contributed by atoms with Crippen LogP contribution in [0.25, 0.3) is 10.2 Å². The Morgan fingerprint density at radius 2 is 1.87 bits per heavy atom. The normalized spacial score (nSPS) is 13.6. The van der Waals surface area contributed by atoms with Gasteiger partial charge in [0.25, 0.3) is 5.56 Å². The smallest absolute Gasteiger partial charge is 0.264 e. The minimum atomic E-state index is -0.296. The standard InChI is InChI=1S/C24H21FN4OS/c25-18-12-10-16(11-13-18)14-26-28-24-27-22-21(19-8-4-5-9-20(19)31-22)23(30)29(24)15-17-6-2-1-3-7-17/h1-3,6-7,10-14H,4-5,8-9,15H2,(H,27,28)/b26-14-. The lowest BCUT2D eigenvalue weighted by Crippen LogP contribution is -2.25. The first-order valence-corrected chi connectivity index (χ1v) is 11.1. The van der Waals surface area contributed by atoms with Gasteiger partial charge in [-0.2, -0.15) is 5.10 Å². The highest BCUT2D eigenvalue weighted by atomic mass is 32.1. The van der Waals surface area contributed by atoms with Crippen molar-refractivity contribution in [1.82, 2.24) is 9.55 Å². The lowest BCUT2D eigenvalue weighted by Gasteiger charge is -2.13. The van der Waals surface area contributed by atoms with Crippen LogP contribution < -0.4 is 11.0 Å². The number of rotatable bonds is 5. The summed E-state index contributed by atoms with van der Waals surface area (Å²) in [5, 5.41) is 5.01. The molecular weight excluding hydrogens is 411 g/mol. The number of nitrogens with zero attached hydrogens (tertiary/aromatic N) is 3. The van der Waals surface area contributed by atoms with E-state index in [0.29, 0.717) is 12.5 Å². The summed E-state index contributed by atoms with van der Waals surface area (Å²) in [6, 6.07) is 15.9. The van der Waals surface area contributed by atoms with Crippen LogP contribution in [-0.4, -0.2) is 15.8 Å². The van der Waals surface area contributed by atoms with E-state index in [1.165, 1.54) is 22.6 Å². The maximum atomic E-state index is 13.6. The molecule has 5 nitrogen and oxygen atoms in total. The van der Waals surface area contributed by atoms with Crippen molar-refractivity contribution in [3.8, 4) is 0 Å². The molecule has 1 aliphatic carbocycles. The highest BCUT2D eigenvalue weighted by molar-refractivity contribution is 7.18. The molecule has 156 valence electrons. The van der Waals surface area contributed by atoms with Gasteiger partial charge in [-0.25, -0.2) is 14.8 Å². The Hall–Kier alpha value is -3.32. The summed E-state index contributed by atoms with van der Waals surface area (Å²) in [5.41, 5.74) is 5.85. The highest BCUT2D eigenvalue weighted by Gasteiger charge is 2.22. The molecule has 0 saturated heterocycles. The van der Waals surface area contributed by atoms with Crippen LogP contribution >= 0.6 is 11.3 Å². The summed E-state index contributed by atoms with van der Waals surface area (Å²) >= 11 is 1.62. The van der Waals surface area contributed by atoms with Gasteiger partial charge in [-0.05, 0) is 54.5 Å². The molecule has 0 unspecified atom stereocenters. The molecule has 0 fully saturated rings. The SMILES string of the molecule is O=c1c2c3c(sc2nc(N/N=C\c2ccc(F)cc2)n1Cc1ccccc1)CCCC3. The summed E-state index contributed by atoms with van der Waals surface area (Å²) in [4.78, 5) is 20.4. The Bertz CT molecular complexity index is 1310. The number of aromatic nitrogens is 2. The molecule has 0 aliphatic heterocycles. The van der Waals surface area contributed by atoms with E-state index in [1.807, 2.05) is 30.3 Å². The van der Waals surface area contributed by atoms with Gasteiger partial charge in [0.15, 0.2) is 0 Å². The highest BCUT2D eigenvalue weighted by Crippen LogP contribution is 2.34. The largest absolute Gasteiger partial charge is 0.272 e. The first kappa shape index (κ1) is 19.6. The van der Waals surface area contributed by atoms with E-state index in [9.17, 15) is 9.18 Å². The Morgan fingerprint density at radius 1 is 1.10 bits per heavy atom. The fourth-order valence-electron chi connectivity index (χ4n) is 3.95. The molecular formula is C24H21FN4OS. The third kappa shape index (κ3) is 4.01. The number of halogens is 1. The third-order valence-electron chi connectivity index (χ3n) is 5.51. The molecule has 0 spiro atoms. The Morgan fingerprint density at radius 3 is 2.68 bits per heavy atom. The number of anilines is 1. The number of hydrogen-bond acceptors (Lipinski definition) is 5. The van der Waals surface area contributed by atoms with E-state index in [-0.39, 0.29) is 11.4 Å². The predicted molar refractivity (Wildman–Crippen MR) is 124 cm³/mol. The zero-order chi connectivity index (χ0) is 21.2. The monoisotopic (exact) mass is 432 g/mol. The van der Waals surface area contributed by atoms with Crippen LogP contribution in [0.4, 0.5) is 10.3 Å². The summed E-state index contributed by atoms with van der Waals surface area (Å²) < 4.78 is 14.8. The molecule has 0 atom stereocenters. The summed E-state index contributed by atoms with van der Waals surface area (Å²) in [5.74, 6) is 0.105. The van der Waals surface area contributed by atoms with Gasteiger partial charge in [-0.3, -0.25) is 9.36 Å². The van der Waals surface area contributed by atoms with Gasteiger partial charge >= 0.3 is 0 Å². The van der Waals surface area contributed by atoms with E-state index < -0.39 is 0 Å². The quantitative estimate of drug-likeness (QED) is 0.358. The third-order valence-corrected chi connectivity index (χ3v) is 6.69. The number of hydrogen-bond donors (Lipinski definition) is 1. The number of fused-ring (bicyclic) bond motifs is 3. The molecule has 2 aromatic carbocycles. The molecule has 31 heavy (non-hydrogen) atoms. The van der Waals surface area contributed by atoms with Crippen LogP contribution in [-0.2, 0) is 19.4 Å².